The maximum atomic E-state index is 15.3. The highest BCUT2D eigenvalue weighted by atomic mass is 31.2. The first-order valence-electron chi connectivity index (χ1n) is 16.8. The van der Waals surface area contributed by atoms with Crippen LogP contribution in [-0.2, 0) is 9.98 Å². The number of para-hydroxylation sites is 1. The fourth-order valence-electron chi connectivity index (χ4n) is 8.61. The first-order valence-corrected chi connectivity index (χ1v) is 18.5. The second kappa shape index (κ2) is 10.2. The Kier molecular flexibility index (Phi) is 5.90. The highest BCUT2D eigenvalue weighted by Crippen LogP contribution is 2.64. The zero-order valence-electron chi connectivity index (χ0n) is 27.2. The average Bonchev–Trinajstić information content (AvgIpc) is 3.43. The number of fused-ring (bicyclic) bond motifs is 11. The molecule has 7 aromatic carbocycles. The van der Waals surface area contributed by atoms with Crippen molar-refractivity contribution in [2.24, 2.45) is 0 Å². The number of aryl methyl sites for hydroxylation is 2. The van der Waals surface area contributed by atoms with E-state index in [1.54, 1.807) is 0 Å². The van der Waals surface area contributed by atoms with E-state index < -0.39 is 12.6 Å². The lowest BCUT2D eigenvalue weighted by atomic mass is 9.64. The van der Waals surface area contributed by atoms with Crippen molar-refractivity contribution in [2.75, 3.05) is 4.90 Å². The van der Waals surface area contributed by atoms with Crippen LogP contribution < -0.4 is 25.6 Å². The Morgan fingerprint density at radius 1 is 0.510 bits per heavy atom. The molecule has 0 bridgehead atoms. The van der Waals surface area contributed by atoms with Crippen LogP contribution in [0, 0.1) is 13.8 Å². The smallest absolute Gasteiger partial charge is 0.178 e. The molecule has 10 rings (SSSR count). The van der Waals surface area contributed by atoms with Crippen LogP contribution in [0.5, 0.6) is 11.5 Å². The molecule has 7 aromatic rings. The molecular weight excluding hydrogens is 617 g/mol. The van der Waals surface area contributed by atoms with Gasteiger partial charge >= 0.3 is 0 Å². The first kappa shape index (κ1) is 28.4. The first-order chi connectivity index (χ1) is 24.0. The SMILES string of the molecule is Cc1ccc2c(c1)C1(c3ccccc3-c3ccccc31)c1cc(C)ccc1N2c1ccc2c(c1)Oc1ccccc1P2(=O)c1ccccc1. The van der Waals surface area contributed by atoms with Crippen molar-refractivity contribution in [3.63, 3.8) is 0 Å². The van der Waals surface area contributed by atoms with Crippen LogP contribution in [0.25, 0.3) is 11.1 Å². The van der Waals surface area contributed by atoms with Crippen molar-refractivity contribution < 1.29 is 9.30 Å². The van der Waals surface area contributed by atoms with Gasteiger partial charge in [0.05, 0.1) is 27.4 Å². The molecule has 0 fully saturated rings. The highest BCUT2D eigenvalue weighted by Gasteiger charge is 2.52. The summed E-state index contributed by atoms with van der Waals surface area (Å²) in [5.74, 6) is 1.27. The molecule has 4 heteroatoms. The second-order valence-electron chi connectivity index (χ2n) is 13.4. The summed E-state index contributed by atoms with van der Waals surface area (Å²) < 4.78 is 22.0. The van der Waals surface area contributed by atoms with Gasteiger partial charge in [0.15, 0.2) is 7.14 Å². The number of hydrogen-bond acceptors (Lipinski definition) is 3. The van der Waals surface area contributed by atoms with Crippen LogP contribution >= 0.6 is 7.14 Å². The fraction of sp³-hybridized carbons (Fsp3) is 0.0667. The summed E-state index contributed by atoms with van der Waals surface area (Å²) in [5.41, 5.74) is 12.8. The van der Waals surface area contributed by atoms with Gasteiger partial charge in [0.2, 0.25) is 0 Å². The second-order valence-corrected chi connectivity index (χ2v) is 16.1. The van der Waals surface area contributed by atoms with E-state index in [1.165, 1.54) is 44.5 Å². The third kappa shape index (κ3) is 3.71. The third-order valence-electron chi connectivity index (χ3n) is 10.6. The fourth-order valence-corrected chi connectivity index (χ4v) is 11.5. The van der Waals surface area contributed by atoms with Crippen LogP contribution in [0.15, 0.2) is 158 Å². The summed E-state index contributed by atoms with van der Waals surface area (Å²) >= 11 is 0. The van der Waals surface area contributed by atoms with E-state index in [0.717, 1.165) is 33.0 Å². The molecule has 2 heterocycles. The van der Waals surface area contributed by atoms with Crippen LogP contribution in [0.2, 0.25) is 0 Å². The van der Waals surface area contributed by atoms with Gasteiger partial charge in [0.1, 0.15) is 11.5 Å². The van der Waals surface area contributed by atoms with Crippen LogP contribution in [0.1, 0.15) is 33.4 Å². The Balaban J connectivity index is 1.25. The lowest BCUT2D eigenvalue weighted by molar-refractivity contribution is 0.485. The van der Waals surface area contributed by atoms with Gasteiger partial charge in [-0.15, -0.1) is 0 Å². The molecule has 3 nitrogen and oxygen atoms in total. The van der Waals surface area contributed by atoms with Gasteiger partial charge in [-0.1, -0.05) is 126 Å². The van der Waals surface area contributed by atoms with Gasteiger partial charge in [-0.3, -0.25) is 0 Å². The molecule has 0 amide bonds. The molecule has 234 valence electrons. The van der Waals surface area contributed by atoms with E-state index in [4.69, 9.17) is 4.74 Å². The Labute approximate surface area is 286 Å². The predicted octanol–water partition coefficient (Wildman–Crippen LogP) is 10.2. The lowest BCUT2D eigenvalue weighted by Gasteiger charge is -2.45. The number of nitrogens with zero attached hydrogens (tertiary/aromatic N) is 1. The van der Waals surface area contributed by atoms with E-state index >= 15 is 4.57 Å². The number of anilines is 3. The number of ether oxygens (including phenoxy) is 1. The Bertz CT molecular complexity index is 2450. The molecule has 0 saturated carbocycles. The van der Waals surface area contributed by atoms with Crippen molar-refractivity contribution in [3.8, 4) is 22.6 Å². The largest absolute Gasteiger partial charge is 0.456 e. The number of hydrogen-bond donors (Lipinski definition) is 0. The lowest BCUT2D eigenvalue weighted by Crippen LogP contribution is -2.36. The molecule has 0 radical (unpaired) electrons. The maximum Gasteiger partial charge on any atom is 0.178 e. The van der Waals surface area contributed by atoms with Gasteiger partial charge in [-0.2, -0.15) is 0 Å². The molecule has 2 aliphatic heterocycles. The average molecular weight is 650 g/mol. The van der Waals surface area contributed by atoms with E-state index in [-0.39, 0.29) is 0 Å². The molecule has 1 atom stereocenters. The molecule has 0 saturated heterocycles. The number of rotatable bonds is 2. The van der Waals surface area contributed by atoms with Crippen LogP contribution in [0.4, 0.5) is 17.1 Å². The Hall–Kier alpha value is -5.63. The van der Waals surface area contributed by atoms with Gasteiger partial charge in [0.25, 0.3) is 0 Å². The third-order valence-corrected chi connectivity index (χ3v) is 13.8. The molecule has 3 aliphatic rings. The molecule has 0 aromatic heterocycles. The normalized spacial score (nSPS) is 17.2. The van der Waals surface area contributed by atoms with Gasteiger partial charge in [-0.25, -0.2) is 0 Å². The Morgan fingerprint density at radius 3 is 1.71 bits per heavy atom. The van der Waals surface area contributed by atoms with E-state index in [0.29, 0.717) is 11.5 Å². The highest BCUT2D eigenvalue weighted by molar-refractivity contribution is 7.85. The quantitative estimate of drug-likeness (QED) is 0.175. The van der Waals surface area contributed by atoms with Crippen molar-refractivity contribution >= 4 is 40.1 Å². The summed E-state index contributed by atoms with van der Waals surface area (Å²) in [6, 6.07) is 55.3. The van der Waals surface area contributed by atoms with E-state index in [2.05, 4.69) is 116 Å². The van der Waals surface area contributed by atoms with Gasteiger partial charge < -0.3 is 14.2 Å². The van der Waals surface area contributed by atoms with Gasteiger partial charge in [-0.05, 0) is 83.6 Å². The molecule has 1 spiro atoms. The minimum Gasteiger partial charge on any atom is -0.456 e. The molecule has 49 heavy (non-hydrogen) atoms. The maximum absolute atomic E-state index is 15.3. The summed E-state index contributed by atoms with van der Waals surface area (Å²) in [4.78, 5) is 2.37. The predicted molar refractivity (Wildman–Crippen MR) is 201 cm³/mol. The monoisotopic (exact) mass is 649 g/mol. The summed E-state index contributed by atoms with van der Waals surface area (Å²) in [7, 11) is -3.19. The standard InChI is InChI=1S/C45H32NO2P/c1-29-20-23-39-37(26-29)45(35-16-8-6-14-33(35)34-15-7-9-17-36(34)45)38-27-30(2)21-24-40(38)46(39)31-22-25-44-42(28-31)48-41-18-10-11-19-43(41)49(44,47)32-12-4-3-5-13-32/h3-28H,1-2H3. The number of benzene rings is 7. The van der Waals surface area contributed by atoms with Crippen LogP contribution in [0.3, 0.4) is 0 Å². The van der Waals surface area contributed by atoms with Crippen molar-refractivity contribution in [1.29, 1.82) is 0 Å². The topological polar surface area (TPSA) is 29.5 Å². The molecule has 1 aliphatic carbocycles. The zero-order valence-corrected chi connectivity index (χ0v) is 28.1. The van der Waals surface area contributed by atoms with Crippen molar-refractivity contribution in [2.45, 2.75) is 19.3 Å². The van der Waals surface area contributed by atoms with Crippen molar-refractivity contribution in [3.05, 3.63) is 191 Å². The molecular formula is C45H32NO2P. The molecule has 1 unspecified atom stereocenters. The van der Waals surface area contributed by atoms with E-state index in [9.17, 15) is 0 Å². The zero-order chi connectivity index (χ0) is 32.9. The summed E-state index contributed by atoms with van der Waals surface area (Å²) in [6.07, 6.45) is 0. The minimum absolute atomic E-state index is 0.487. The summed E-state index contributed by atoms with van der Waals surface area (Å²) in [5, 5.41) is 2.27. The van der Waals surface area contributed by atoms with Crippen molar-refractivity contribution in [1.82, 2.24) is 0 Å². The molecule has 0 N–H and O–H groups in total. The van der Waals surface area contributed by atoms with Crippen LogP contribution in [-0.4, -0.2) is 0 Å². The summed E-state index contributed by atoms with van der Waals surface area (Å²) in [6.45, 7) is 4.37. The van der Waals surface area contributed by atoms with Gasteiger partial charge in [0, 0.05) is 17.1 Å². The Morgan fingerprint density at radius 2 is 1.06 bits per heavy atom. The van der Waals surface area contributed by atoms with E-state index in [1.807, 2.05) is 60.7 Å². The minimum atomic E-state index is -3.19.